The highest BCUT2D eigenvalue weighted by Crippen LogP contribution is 2.42. The molecule has 0 amide bonds. The summed E-state index contributed by atoms with van der Waals surface area (Å²) in [5.41, 5.74) is -0.531. The Hall–Kier alpha value is -1.07. The second-order valence-corrected chi connectivity index (χ2v) is 5.25. The number of aliphatic hydroxyl groups is 1. The number of rotatable bonds is 2. The van der Waals surface area contributed by atoms with Crippen molar-refractivity contribution < 1.29 is 14.6 Å². The van der Waals surface area contributed by atoms with Gasteiger partial charge < -0.3 is 14.6 Å². The highest BCUT2D eigenvalue weighted by molar-refractivity contribution is 5.31. The van der Waals surface area contributed by atoms with Gasteiger partial charge in [-0.15, -0.1) is 0 Å². The first-order valence-corrected chi connectivity index (χ1v) is 5.81. The minimum atomic E-state index is -0.932. The molecule has 1 aliphatic rings. The van der Waals surface area contributed by atoms with Crippen molar-refractivity contribution in [1.82, 2.24) is 9.78 Å². The second kappa shape index (κ2) is 3.99. The molecule has 0 spiro atoms. The number of ether oxygens (including phenoxy) is 2. The molecule has 17 heavy (non-hydrogen) atoms. The van der Waals surface area contributed by atoms with E-state index in [9.17, 15) is 5.11 Å². The third-order valence-electron chi connectivity index (χ3n) is 3.29. The van der Waals surface area contributed by atoms with Crippen LogP contribution in [0.5, 0.6) is 5.75 Å². The summed E-state index contributed by atoms with van der Waals surface area (Å²) >= 11 is 0. The lowest BCUT2D eigenvalue weighted by Crippen LogP contribution is -2.45. The second-order valence-electron chi connectivity index (χ2n) is 5.25. The van der Waals surface area contributed by atoms with Gasteiger partial charge in [-0.3, -0.25) is 4.68 Å². The van der Waals surface area contributed by atoms with Crippen molar-refractivity contribution in [2.24, 2.45) is 7.05 Å². The fraction of sp³-hybridized carbons (Fsp3) is 0.750. The van der Waals surface area contributed by atoms with E-state index in [0.717, 1.165) is 5.69 Å². The Morgan fingerprint density at radius 1 is 1.53 bits per heavy atom. The molecule has 1 unspecified atom stereocenters. The van der Waals surface area contributed by atoms with E-state index < -0.39 is 5.60 Å². The highest BCUT2D eigenvalue weighted by Gasteiger charge is 2.44. The Balaban J connectivity index is 2.40. The molecule has 5 heteroatoms. The van der Waals surface area contributed by atoms with Gasteiger partial charge in [-0.25, -0.2) is 0 Å². The highest BCUT2D eigenvalue weighted by atomic mass is 16.5. The molecule has 1 aromatic heterocycles. The van der Waals surface area contributed by atoms with Gasteiger partial charge in [0.25, 0.3) is 0 Å². The Morgan fingerprint density at radius 3 is 2.82 bits per heavy atom. The molecule has 0 aromatic carbocycles. The van der Waals surface area contributed by atoms with Crippen molar-refractivity contribution in [3.8, 4) is 5.75 Å². The Bertz CT molecular complexity index is 414. The summed E-state index contributed by atoms with van der Waals surface area (Å²) in [7, 11) is 3.41. The lowest BCUT2D eigenvalue weighted by Gasteiger charge is -2.41. The Morgan fingerprint density at radius 2 is 2.24 bits per heavy atom. The minimum absolute atomic E-state index is 0.331. The van der Waals surface area contributed by atoms with Crippen LogP contribution in [0.4, 0.5) is 0 Å². The number of methoxy groups -OCH3 is 1. The van der Waals surface area contributed by atoms with Gasteiger partial charge in [0.15, 0.2) is 5.75 Å². The van der Waals surface area contributed by atoms with Crippen LogP contribution >= 0.6 is 0 Å². The summed E-state index contributed by atoms with van der Waals surface area (Å²) in [6, 6.07) is 0. The van der Waals surface area contributed by atoms with E-state index in [1.165, 1.54) is 0 Å². The number of nitrogens with zero attached hydrogens (tertiary/aromatic N) is 2. The molecule has 0 saturated carbocycles. The predicted octanol–water partition coefficient (Wildman–Crippen LogP) is 1.21. The summed E-state index contributed by atoms with van der Waals surface area (Å²) in [6.45, 7) is 4.51. The Labute approximate surface area is 101 Å². The fourth-order valence-corrected chi connectivity index (χ4v) is 2.64. The van der Waals surface area contributed by atoms with Gasteiger partial charge in [0.2, 0.25) is 0 Å². The van der Waals surface area contributed by atoms with Crippen LogP contribution in [0.2, 0.25) is 0 Å². The van der Waals surface area contributed by atoms with Crippen LogP contribution in [0.15, 0.2) is 6.20 Å². The molecule has 1 atom stereocenters. The normalized spacial score (nSPS) is 28.1. The first-order valence-electron chi connectivity index (χ1n) is 5.81. The lowest BCUT2D eigenvalue weighted by atomic mass is 9.81. The van der Waals surface area contributed by atoms with Crippen LogP contribution in [0.1, 0.15) is 32.4 Å². The van der Waals surface area contributed by atoms with Gasteiger partial charge in [0.05, 0.1) is 25.5 Å². The molecular weight excluding hydrogens is 220 g/mol. The van der Waals surface area contributed by atoms with Crippen LogP contribution in [0.3, 0.4) is 0 Å². The number of aryl methyl sites for hydroxylation is 1. The zero-order valence-electron chi connectivity index (χ0n) is 10.9. The van der Waals surface area contributed by atoms with E-state index in [4.69, 9.17) is 9.47 Å². The van der Waals surface area contributed by atoms with Crippen molar-refractivity contribution in [2.45, 2.75) is 37.9 Å². The maximum atomic E-state index is 10.8. The maximum absolute atomic E-state index is 10.8. The first-order chi connectivity index (χ1) is 7.88. The van der Waals surface area contributed by atoms with Crippen molar-refractivity contribution in [3.63, 3.8) is 0 Å². The van der Waals surface area contributed by atoms with Gasteiger partial charge in [-0.1, -0.05) is 0 Å². The molecule has 1 N–H and O–H groups in total. The summed E-state index contributed by atoms with van der Waals surface area (Å²) in [5, 5.41) is 15.0. The molecule has 1 fully saturated rings. The van der Waals surface area contributed by atoms with Crippen LogP contribution in [0, 0.1) is 0 Å². The van der Waals surface area contributed by atoms with E-state index in [-0.39, 0.29) is 5.60 Å². The van der Waals surface area contributed by atoms with Gasteiger partial charge in [-0.05, 0) is 13.8 Å². The van der Waals surface area contributed by atoms with Gasteiger partial charge in [0.1, 0.15) is 11.3 Å². The van der Waals surface area contributed by atoms with E-state index in [1.807, 2.05) is 20.9 Å². The largest absolute Gasteiger partial charge is 0.493 e. The van der Waals surface area contributed by atoms with Crippen LogP contribution < -0.4 is 4.74 Å². The van der Waals surface area contributed by atoms with E-state index in [1.54, 1.807) is 18.0 Å². The van der Waals surface area contributed by atoms with Gasteiger partial charge >= 0.3 is 0 Å². The van der Waals surface area contributed by atoms with Crippen molar-refractivity contribution >= 4 is 0 Å². The molecule has 0 radical (unpaired) electrons. The molecule has 0 aliphatic carbocycles. The third kappa shape index (κ3) is 2.17. The quantitative estimate of drug-likeness (QED) is 0.844. The molecule has 1 aromatic rings. The minimum Gasteiger partial charge on any atom is -0.493 e. The van der Waals surface area contributed by atoms with Gasteiger partial charge in [0, 0.05) is 19.9 Å². The van der Waals surface area contributed by atoms with Crippen molar-refractivity contribution in [2.75, 3.05) is 13.7 Å². The molecule has 96 valence electrons. The summed E-state index contributed by atoms with van der Waals surface area (Å²) in [4.78, 5) is 0. The zero-order chi connectivity index (χ0) is 12.7. The SMILES string of the molecule is COc1cnn(C)c1C1(O)CCOC(C)(C)C1. The van der Waals surface area contributed by atoms with Gasteiger partial charge in [-0.2, -0.15) is 5.10 Å². The predicted molar refractivity (Wildman–Crippen MR) is 62.9 cm³/mol. The average molecular weight is 240 g/mol. The first kappa shape index (κ1) is 12.4. The van der Waals surface area contributed by atoms with E-state index >= 15 is 0 Å². The topological polar surface area (TPSA) is 56.5 Å². The standard InChI is InChI=1S/C12H20N2O3/c1-11(2)8-12(15,5-6-17-11)10-9(16-4)7-13-14(10)3/h7,15H,5-6,8H2,1-4H3. The monoisotopic (exact) mass is 240 g/mol. The number of hydrogen-bond acceptors (Lipinski definition) is 4. The number of hydrogen-bond donors (Lipinski definition) is 1. The lowest BCUT2D eigenvalue weighted by molar-refractivity contribution is -0.151. The maximum Gasteiger partial charge on any atom is 0.162 e. The molecule has 1 saturated heterocycles. The smallest absolute Gasteiger partial charge is 0.162 e. The van der Waals surface area contributed by atoms with E-state index in [2.05, 4.69) is 5.10 Å². The average Bonchev–Trinajstić information content (AvgIpc) is 2.58. The summed E-state index contributed by atoms with van der Waals surface area (Å²) in [5.74, 6) is 0.632. The molecule has 2 heterocycles. The van der Waals surface area contributed by atoms with Crippen LogP contribution in [-0.4, -0.2) is 34.2 Å². The summed E-state index contributed by atoms with van der Waals surface area (Å²) < 4.78 is 12.6. The van der Waals surface area contributed by atoms with Crippen molar-refractivity contribution in [1.29, 1.82) is 0 Å². The number of aromatic nitrogens is 2. The molecular formula is C12H20N2O3. The third-order valence-corrected chi connectivity index (χ3v) is 3.29. The molecule has 2 rings (SSSR count). The molecule has 5 nitrogen and oxygen atoms in total. The molecule has 0 bridgehead atoms. The molecule has 1 aliphatic heterocycles. The van der Waals surface area contributed by atoms with Crippen LogP contribution in [0.25, 0.3) is 0 Å². The zero-order valence-corrected chi connectivity index (χ0v) is 10.9. The summed E-state index contributed by atoms with van der Waals surface area (Å²) in [6.07, 6.45) is 2.73. The van der Waals surface area contributed by atoms with Crippen LogP contribution in [-0.2, 0) is 17.4 Å². The Kier molecular flexibility index (Phi) is 2.91. The van der Waals surface area contributed by atoms with E-state index in [0.29, 0.717) is 25.2 Å². The fourth-order valence-electron chi connectivity index (χ4n) is 2.64. The van der Waals surface area contributed by atoms with Crippen molar-refractivity contribution in [3.05, 3.63) is 11.9 Å².